The lowest BCUT2D eigenvalue weighted by Crippen LogP contribution is -2.63. The minimum absolute atomic E-state index is 0.828. The number of fused-ring (bicyclic) bond motifs is 1. The predicted molar refractivity (Wildman–Crippen MR) is 44.2 cm³/mol. The second-order valence-corrected chi connectivity index (χ2v) is 3.42. The van der Waals surface area contributed by atoms with Crippen molar-refractivity contribution >= 4 is 0 Å². The molecule has 3 nitrogen and oxygen atoms in total. The van der Waals surface area contributed by atoms with Gasteiger partial charge >= 0.3 is 18.1 Å². The molecular formula is C9H4F6O3. The van der Waals surface area contributed by atoms with Gasteiger partial charge in [0.05, 0.1) is 0 Å². The third-order valence-electron chi connectivity index (χ3n) is 2.20. The molecule has 0 spiro atoms. The van der Waals surface area contributed by atoms with Gasteiger partial charge < -0.3 is 14.6 Å². The van der Waals surface area contributed by atoms with E-state index in [0.29, 0.717) is 0 Å². The molecule has 1 aromatic rings. The highest BCUT2D eigenvalue weighted by Crippen LogP contribution is 2.55. The van der Waals surface area contributed by atoms with Crippen molar-refractivity contribution in [1.82, 2.24) is 0 Å². The minimum atomic E-state index is -5.85. The van der Waals surface area contributed by atoms with Crippen molar-refractivity contribution in [2.75, 3.05) is 0 Å². The molecule has 0 atom stereocenters. The van der Waals surface area contributed by atoms with Crippen LogP contribution in [0.3, 0.4) is 0 Å². The van der Waals surface area contributed by atoms with Crippen LogP contribution in [0.5, 0.6) is 17.2 Å². The number of benzene rings is 1. The smallest absolute Gasteiger partial charge is 0.478 e. The van der Waals surface area contributed by atoms with Crippen molar-refractivity contribution in [3.05, 3.63) is 18.2 Å². The fraction of sp³-hybridized carbons (Fsp3) is 0.333. The molecule has 1 aliphatic rings. The SMILES string of the molecule is Oc1cccc2c1OC(C(F)(F)F)(C(F)(F)F)O2. The van der Waals surface area contributed by atoms with Crippen LogP contribution in [0.15, 0.2) is 18.2 Å². The summed E-state index contributed by atoms with van der Waals surface area (Å²) >= 11 is 0. The van der Waals surface area contributed by atoms with Crippen molar-refractivity contribution in [3.63, 3.8) is 0 Å². The molecule has 0 aliphatic carbocycles. The first kappa shape index (κ1) is 12.7. The summed E-state index contributed by atoms with van der Waals surface area (Å²) in [6.07, 6.45) is -11.7. The van der Waals surface area contributed by atoms with E-state index < -0.39 is 35.4 Å². The van der Waals surface area contributed by atoms with Gasteiger partial charge in [-0.2, -0.15) is 26.3 Å². The van der Waals surface area contributed by atoms with Crippen LogP contribution in [0, 0.1) is 0 Å². The van der Waals surface area contributed by atoms with Crippen LogP contribution >= 0.6 is 0 Å². The average Bonchev–Trinajstić information content (AvgIpc) is 2.57. The summed E-state index contributed by atoms with van der Waals surface area (Å²) in [4.78, 5) is 0. The number of ether oxygens (including phenoxy) is 2. The van der Waals surface area contributed by atoms with Gasteiger partial charge in [-0.3, -0.25) is 0 Å². The van der Waals surface area contributed by atoms with Crippen LogP contribution in [0.25, 0.3) is 0 Å². The summed E-state index contributed by atoms with van der Waals surface area (Å²) in [5.41, 5.74) is 0. The second kappa shape index (κ2) is 3.36. The predicted octanol–water partition coefficient (Wildman–Crippen LogP) is 2.98. The molecule has 0 bridgehead atoms. The molecule has 1 aromatic carbocycles. The highest BCUT2D eigenvalue weighted by atomic mass is 19.4. The maximum Gasteiger partial charge on any atom is 0.478 e. The number of halogens is 6. The Kier molecular flexibility index (Phi) is 2.36. The van der Waals surface area contributed by atoms with E-state index in [1.165, 1.54) is 0 Å². The first-order valence-corrected chi connectivity index (χ1v) is 4.42. The molecule has 0 unspecified atom stereocenters. The zero-order valence-electron chi connectivity index (χ0n) is 8.26. The molecule has 0 amide bonds. The molecule has 1 heterocycles. The molecule has 100 valence electrons. The van der Waals surface area contributed by atoms with E-state index in [9.17, 15) is 26.3 Å². The van der Waals surface area contributed by atoms with Gasteiger partial charge in [-0.05, 0) is 12.1 Å². The molecule has 0 fully saturated rings. The maximum atomic E-state index is 12.6. The van der Waals surface area contributed by atoms with E-state index in [4.69, 9.17) is 5.11 Å². The number of hydrogen-bond donors (Lipinski definition) is 1. The van der Waals surface area contributed by atoms with Crippen LogP contribution in [-0.4, -0.2) is 23.2 Å². The van der Waals surface area contributed by atoms with Gasteiger partial charge in [0, 0.05) is 0 Å². The lowest BCUT2D eigenvalue weighted by molar-refractivity contribution is -0.412. The number of hydrogen-bond acceptors (Lipinski definition) is 3. The lowest BCUT2D eigenvalue weighted by Gasteiger charge is -2.30. The number of alkyl halides is 6. The minimum Gasteiger partial charge on any atom is -0.504 e. The number of aromatic hydroxyl groups is 1. The van der Waals surface area contributed by atoms with Crippen molar-refractivity contribution < 1.29 is 40.9 Å². The number of phenols is 1. The van der Waals surface area contributed by atoms with E-state index in [1.807, 2.05) is 0 Å². The number of phenolic OH excluding ortho intramolecular Hbond substituents is 1. The average molecular weight is 274 g/mol. The van der Waals surface area contributed by atoms with Gasteiger partial charge in [-0.1, -0.05) is 6.07 Å². The quantitative estimate of drug-likeness (QED) is 0.739. The van der Waals surface area contributed by atoms with Crippen LogP contribution in [0.4, 0.5) is 26.3 Å². The molecule has 0 radical (unpaired) electrons. The Morgan fingerprint density at radius 2 is 1.50 bits per heavy atom. The zero-order valence-corrected chi connectivity index (χ0v) is 8.26. The van der Waals surface area contributed by atoms with Crippen molar-refractivity contribution in [3.8, 4) is 17.2 Å². The fourth-order valence-corrected chi connectivity index (χ4v) is 1.40. The molecule has 9 heteroatoms. The molecule has 2 rings (SSSR count). The first-order valence-electron chi connectivity index (χ1n) is 4.42. The molecule has 18 heavy (non-hydrogen) atoms. The van der Waals surface area contributed by atoms with Crippen LogP contribution in [-0.2, 0) is 0 Å². The number of rotatable bonds is 0. The van der Waals surface area contributed by atoms with Gasteiger partial charge in [0.2, 0.25) is 5.75 Å². The third-order valence-corrected chi connectivity index (χ3v) is 2.20. The summed E-state index contributed by atoms with van der Waals surface area (Å²) in [5, 5.41) is 9.16. The lowest BCUT2D eigenvalue weighted by atomic mass is 10.2. The molecule has 1 aliphatic heterocycles. The van der Waals surface area contributed by atoms with Crippen molar-refractivity contribution in [1.29, 1.82) is 0 Å². The summed E-state index contributed by atoms with van der Waals surface area (Å²) in [7, 11) is 0. The molecule has 0 saturated heterocycles. The van der Waals surface area contributed by atoms with Gasteiger partial charge in [-0.25, -0.2) is 0 Å². The van der Waals surface area contributed by atoms with Crippen molar-refractivity contribution in [2.45, 2.75) is 18.1 Å². The fourth-order valence-electron chi connectivity index (χ4n) is 1.40. The zero-order chi connectivity index (χ0) is 13.8. The molecular weight excluding hydrogens is 270 g/mol. The topological polar surface area (TPSA) is 38.7 Å². The van der Waals surface area contributed by atoms with Gasteiger partial charge in [0.1, 0.15) is 0 Å². The Balaban J connectivity index is 2.55. The van der Waals surface area contributed by atoms with Gasteiger partial charge in [-0.15, -0.1) is 0 Å². The Hall–Kier alpha value is -1.80. The van der Waals surface area contributed by atoms with E-state index >= 15 is 0 Å². The summed E-state index contributed by atoms with van der Waals surface area (Å²) in [6, 6.07) is 2.74. The van der Waals surface area contributed by atoms with Crippen LogP contribution < -0.4 is 9.47 Å². The molecule has 0 saturated carbocycles. The Morgan fingerprint density at radius 3 is 1.94 bits per heavy atom. The normalized spacial score (nSPS) is 17.9. The van der Waals surface area contributed by atoms with Gasteiger partial charge in [0.15, 0.2) is 11.5 Å². The second-order valence-electron chi connectivity index (χ2n) is 3.42. The standard InChI is InChI=1S/C9H4F6O3/c10-8(11,12)7(9(13,14)15)17-5-3-1-2-4(16)6(5)18-7/h1-3,16H. The Labute approximate surface area is 95.5 Å². The van der Waals surface area contributed by atoms with E-state index in [0.717, 1.165) is 18.2 Å². The Morgan fingerprint density at radius 1 is 0.944 bits per heavy atom. The van der Waals surface area contributed by atoms with Crippen molar-refractivity contribution in [2.24, 2.45) is 0 Å². The highest BCUT2D eigenvalue weighted by Gasteiger charge is 2.79. The van der Waals surface area contributed by atoms with E-state index in [1.54, 1.807) is 0 Å². The summed E-state index contributed by atoms with van der Waals surface area (Å²) in [6.45, 7) is 0. The Bertz CT molecular complexity index is 464. The summed E-state index contributed by atoms with van der Waals surface area (Å²) < 4.78 is 83.0. The largest absolute Gasteiger partial charge is 0.504 e. The van der Waals surface area contributed by atoms with E-state index in [-0.39, 0.29) is 0 Å². The van der Waals surface area contributed by atoms with Crippen LogP contribution in [0.1, 0.15) is 0 Å². The van der Waals surface area contributed by atoms with E-state index in [2.05, 4.69) is 9.47 Å². The monoisotopic (exact) mass is 274 g/mol. The molecule has 1 N–H and O–H groups in total. The van der Waals surface area contributed by atoms with Crippen LogP contribution in [0.2, 0.25) is 0 Å². The maximum absolute atomic E-state index is 12.6. The number of para-hydroxylation sites is 1. The summed E-state index contributed by atoms with van der Waals surface area (Å²) in [5.74, 6) is -7.49. The highest BCUT2D eigenvalue weighted by molar-refractivity contribution is 5.53. The third kappa shape index (κ3) is 1.53. The first-order chi connectivity index (χ1) is 8.08. The van der Waals surface area contributed by atoms with Gasteiger partial charge in [0.25, 0.3) is 0 Å². The molecule has 0 aromatic heterocycles.